The van der Waals surface area contributed by atoms with Crippen LogP contribution in [0.25, 0.3) is 16.8 Å². The summed E-state index contributed by atoms with van der Waals surface area (Å²) in [5, 5.41) is 38.1. The normalized spacial score (nSPS) is 16.4. The number of anilines is 2. The number of benzene rings is 5. The van der Waals surface area contributed by atoms with Crippen LogP contribution in [0.5, 0.6) is 5.75 Å². The fraction of sp³-hybridized carbons (Fsp3) is 0.267. The van der Waals surface area contributed by atoms with Crippen LogP contribution in [0.3, 0.4) is 0 Å². The average molecular weight is 814 g/mol. The first-order valence-electron chi connectivity index (χ1n) is 19.6. The van der Waals surface area contributed by atoms with Crippen molar-refractivity contribution in [1.82, 2.24) is 25.5 Å². The predicted octanol–water partition coefficient (Wildman–Crippen LogP) is 7.65. The minimum Gasteiger partial charge on any atom is -0.508 e. The lowest BCUT2D eigenvalue weighted by atomic mass is 9.97. The number of nitrogens with one attached hydrogen (secondary N) is 2. The number of phenols is 1. The molecule has 6 N–H and O–H groups in total. The third-order valence-corrected chi connectivity index (χ3v) is 11.1. The second kappa shape index (κ2) is 20.1. The van der Waals surface area contributed by atoms with Gasteiger partial charge in [-0.15, -0.1) is 5.10 Å². The van der Waals surface area contributed by atoms with E-state index in [-0.39, 0.29) is 36.4 Å². The Morgan fingerprint density at radius 2 is 1.53 bits per heavy atom. The molecule has 0 spiro atoms. The molecule has 304 valence electrons. The van der Waals surface area contributed by atoms with E-state index in [1.807, 2.05) is 84.9 Å². The number of carbonyl (C=O) groups excluding carboxylic acids is 2. The molecule has 0 aliphatic carbocycles. The first kappa shape index (κ1) is 41.1. The summed E-state index contributed by atoms with van der Waals surface area (Å²) in [6.07, 6.45) is 2.36. The maximum atomic E-state index is 12.8. The largest absolute Gasteiger partial charge is 0.508 e. The van der Waals surface area contributed by atoms with Crippen LogP contribution < -0.4 is 16.4 Å². The summed E-state index contributed by atoms with van der Waals surface area (Å²) < 4.78 is 14.8. The van der Waals surface area contributed by atoms with Crippen molar-refractivity contribution in [3.05, 3.63) is 144 Å². The minimum atomic E-state index is -0.648. The molecular weight excluding hydrogens is 767 g/mol. The number of thioether (sulfide) groups is 1. The van der Waals surface area contributed by atoms with Gasteiger partial charge in [-0.25, -0.2) is 0 Å². The smallest absolute Gasteiger partial charge is 0.224 e. The van der Waals surface area contributed by atoms with Crippen molar-refractivity contribution in [2.24, 2.45) is 0 Å². The summed E-state index contributed by atoms with van der Waals surface area (Å²) >= 11 is 1.48. The van der Waals surface area contributed by atoms with E-state index in [4.69, 9.17) is 15.2 Å². The molecule has 13 nitrogen and oxygen atoms in total. The molecule has 3 atom stereocenters. The van der Waals surface area contributed by atoms with Gasteiger partial charge in [0.05, 0.1) is 35.9 Å². The van der Waals surface area contributed by atoms with Crippen molar-refractivity contribution in [2.75, 3.05) is 16.8 Å². The fourth-order valence-electron chi connectivity index (χ4n) is 6.84. The maximum absolute atomic E-state index is 12.8. The van der Waals surface area contributed by atoms with Crippen LogP contribution in [0.2, 0.25) is 0 Å². The van der Waals surface area contributed by atoms with Gasteiger partial charge in [-0.05, 0) is 87.5 Å². The lowest BCUT2D eigenvalue weighted by Crippen LogP contribution is -2.31. The van der Waals surface area contributed by atoms with Crippen LogP contribution >= 0.6 is 11.8 Å². The molecule has 0 saturated carbocycles. The van der Waals surface area contributed by atoms with Gasteiger partial charge in [0.25, 0.3) is 0 Å². The second-order valence-electron chi connectivity index (χ2n) is 14.3. The van der Waals surface area contributed by atoms with Gasteiger partial charge in [0.1, 0.15) is 5.75 Å². The number of nitrogens with zero attached hydrogens (tertiary/aromatic N) is 4. The summed E-state index contributed by atoms with van der Waals surface area (Å²) in [5.74, 6) is 0.593. The van der Waals surface area contributed by atoms with Crippen molar-refractivity contribution < 1.29 is 29.3 Å². The Morgan fingerprint density at radius 1 is 0.814 bits per heavy atom. The maximum Gasteiger partial charge on any atom is 0.224 e. The van der Waals surface area contributed by atoms with Crippen LogP contribution in [0, 0.1) is 0 Å². The van der Waals surface area contributed by atoms with Crippen molar-refractivity contribution >= 4 is 35.0 Å². The van der Waals surface area contributed by atoms with Crippen LogP contribution in [-0.2, 0) is 32.2 Å². The number of aromatic nitrogens is 4. The van der Waals surface area contributed by atoms with E-state index >= 15 is 0 Å². The number of hydrogen-bond donors (Lipinski definition) is 5. The number of amides is 2. The van der Waals surface area contributed by atoms with Gasteiger partial charge in [-0.2, -0.15) is 4.68 Å². The number of aliphatic hydroxyl groups excluding tert-OH is 1. The zero-order valence-corrected chi connectivity index (χ0v) is 33.3. The number of carbonyl (C=O) groups is 2. The van der Waals surface area contributed by atoms with E-state index in [1.54, 1.807) is 41.1 Å². The Bertz CT molecular complexity index is 2300. The highest BCUT2D eigenvalue weighted by Gasteiger charge is 2.33. The van der Waals surface area contributed by atoms with Gasteiger partial charge in [-0.3, -0.25) is 9.59 Å². The number of aliphatic hydroxyl groups is 1. The van der Waals surface area contributed by atoms with Gasteiger partial charge in [0, 0.05) is 37.1 Å². The van der Waals surface area contributed by atoms with Crippen molar-refractivity contribution in [3.63, 3.8) is 0 Å². The van der Waals surface area contributed by atoms with Crippen LogP contribution in [-0.4, -0.2) is 54.1 Å². The molecule has 1 aromatic heterocycles. The molecule has 3 unspecified atom stereocenters. The zero-order chi connectivity index (χ0) is 41.0. The Hall–Kier alpha value is -6.06. The molecule has 1 saturated heterocycles. The minimum absolute atomic E-state index is 0.0339. The second-order valence-corrected chi connectivity index (χ2v) is 15.3. The lowest BCUT2D eigenvalue weighted by molar-refractivity contribution is -0.245. The average Bonchev–Trinajstić information content (AvgIpc) is 3.75. The summed E-state index contributed by atoms with van der Waals surface area (Å²) in [4.78, 5) is 25.1. The summed E-state index contributed by atoms with van der Waals surface area (Å²) in [5.41, 5.74) is 13.5. The van der Waals surface area contributed by atoms with Crippen molar-refractivity contribution in [3.8, 4) is 22.6 Å². The molecule has 1 fully saturated rings. The van der Waals surface area contributed by atoms with E-state index in [0.717, 1.165) is 45.5 Å². The van der Waals surface area contributed by atoms with Gasteiger partial charge in [-0.1, -0.05) is 103 Å². The van der Waals surface area contributed by atoms with Crippen LogP contribution in [0.15, 0.2) is 126 Å². The third-order valence-electron chi connectivity index (χ3n) is 10.1. The highest BCUT2D eigenvalue weighted by Crippen LogP contribution is 2.40. The van der Waals surface area contributed by atoms with Gasteiger partial charge < -0.3 is 36.1 Å². The Labute approximate surface area is 347 Å². The molecule has 59 heavy (non-hydrogen) atoms. The number of para-hydroxylation sites is 2. The van der Waals surface area contributed by atoms with E-state index in [9.17, 15) is 19.8 Å². The highest BCUT2D eigenvalue weighted by molar-refractivity contribution is 7.99. The Morgan fingerprint density at radius 3 is 2.29 bits per heavy atom. The first-order valence-corrected chi connectivity index (χ1v) is 20.6. The number of rotatable bonds is 17. The third kappa shape index (κ3) is 11.1. The van der Waals surface area contributed by atoms with E-state index < -0.39 is 6.29 Å². The molecule has 1 aliphatic heterocycles. The van der Waals surface area contributed by atoms with E-state index in [1.165, 1.54) is 11.8 Å². The molecule has 14 heteroatoms. The first-order chi connectivity index (χ1) is 28.8. The highest BCUT2D eigenvalue weighted by atomic mass is 32.2. The van der Waals surface area contributed by atoms with Crippen molar-refractivity contribution in [1.29, 1.82) is 0 Å². The van der Waals surface area contributed by atoms with Crippen LogP contribution in [0.4, 0.5) is 11.4 Å². The predicted molar refractivity (Wildman–Crippen MR) is 226 cm³/mol. The number of ether oxygens (including phenoxy) is 2. The number of phenolic OH excluding ortho intramolecular Hbond substituents is 1. The number of hydrogen-bond acceptors (Lipinski definition) is 11. The quantitative estimate of drug-likeness (QED) is 0.0346. The zero-order valence-electron chi connectivity index (χ0n) is 32.4. The molecule has 0 radical (unpaired) electrons. The van der Waals surface area contributed by atoms with Gasteiger partial charge in [0.2, 0.25) is 17.0 Å². The number of unbranched alkanes of at least 4 members (excludes halogenated alkanes) is 2. The molecule has 2 heterocycles. The topological polar surface area (TPSA) is 187 Å². The van der Waals surface area contributed by atoms with E-state index in [0.29, 0.717) is 60.9 Å². The molecule has 1 aliphatic rings. The number of aromatic hydroxyl groups is 1. The molecule has 5 aromatic carbocycles. The van der Waals surface area contributed by atoms with Gasteiger partial charge in [0.15, 0.2) is 6.29 Å². The number of nitrogen functional groups attached to an aromatic ring is 1. The molecule has 2 amide bonds. The lowest BCUT2D eigenvalue weighted by Gasteiger charge is -2.36. The monoisotopic (exact) mass is 813 g/mol. The van der Waals surface area contributed by atoms with Crippen LogP contribution in [0.1, 0.15) is 73.2 Å². The number of nitrogens with two attached hydrogens (primary N) is 1. The fourth-order valence-corrected chi connectivity index (χ4v) is 7.75. The SMILES string of the molecule is Nc1ccccc1NC(=O)CCCCCC(=O)NCc1ccccc1-c1ccc(C2OC(CSc3nnnn3-c3ccc(O)cc3)CC(c3ccc(CO)cc3)O2)cc1. The molecular formula is C45H47N7O6S. The summed E-state index contributed by atoms with van der Waals surface area (Å²) in [6.45, 7) is 0.350. The Balaban J connectivity index is 0.953. The standard InChI is InChI=1S/C45H47N7O6S/c46-39-10-6-7-11-40(39)48-43(56)13-3-1-2-12-42(55)47-27-34-8-4-5-9-38(34)31-18-20-33(21-19-31)44-57-37(26-41(58-44)32-16-14-30(28-53)15-17-32)29-59-45-49-50-51-52(45)35-22-24-36(54)25-23-35/h4-11,14-25,37,41,44,53-54H,1-3,12-13,26-29,46H2,(H,47,55)(H,48,56). The molecule has 0 bridgehead atoms. The molecule has 7 rings (SSSR count). The van der Waals surface area contributed by atoms with Crippen molar-refractivity contribution in [2.45, 2.75) is 75.3 Å². The Kier molecular flexibility index (Phi) is 14.0. The molecule has 6 aromatic rings. The summed E-state index contributed by atoms with van der Waals surface area (Å²) in [7, 11) is 0. The summed E-state index contributed by atoms with van der Waals surface area (Å²) in [6, 6.07) is 37.7. The number of tetrazole rings is 1. The van der Waals surface area contributed by atoms with Gasteiger partial charge >= 0.3 is 0 Å². The van der Waals surface area contributed by atoms with E-state index in [2.05, 4.69) is 26.2 Å².